The van der Waals surface area contributed by atoms with E-state index in [1.54, 1.807) is 6.07 Å². The van der Waals surface area contributed by atoms with Gasteiger partial charge in [0.15, 0.2) is 11.5 Å². The SMILES string of the molecule is CN1CCC[C@@]1(C)c1nnc2ccc(O[C@@H]3CC[C@H](NC(=O)Nc4cc(C(=O)[O-])nc(C(C)(C)C)c4)c4ccccc43)cn12.[Li+]. The number of nitrogens with one attached hydrogen (secondary N) is 2. The molecule has 3 aromatic heterocycles. The summed E-state index contributed by atoms with van der Waals surface area (Å²) in [5, 5.41) is 26.4. The number of carbonyl (C=O) groups is 2. The summed E-state index contributed by atoms with van der Waals surface area (Å²) in [6, 6.07) is 14.1. The third kappa shape index (κ3) is 6.43. The summed E-state index contributed by atoms with van der Waals surface area (Å²) >= 11 is 0. The van der Waals surface area contributed by atoms with Gasteiger partial charge in [-0.15, -0.1) is 10.2 Å². The van der Waals surface area contributed by atoms with E-state index in [-0.39, 0.29) is 42.2 Å². The minimum absolute atomic E-state index is 0. The first-order valence-electron chi connectivity index (χ1n) is 15.1. The fourth-order valence-electron chi connectivity index (χ4n) is 6.29. The van der Waals surface area contributed by atoms with Crippen LogP contribution >= 0.6 is 0 Å². The number of anilines is 1. The number of carboxylic acids is 1. The van der Waals surface area contributed by atoms with Crippen LogP contribution in [0.2, 0.25) is 0 Å². The number of hydrogen-bond acceptors (Lipinski definition) is 8. The first-order chi connectivity index (χ1) is 20.9. The number of carboxylic acid groups (broad SMARTS) is 1. The van der Waals surface area contributed by atoms with Crippen molar-refractivity contribution in [3.05, 3.63) is 83.1 Å². The number of benzene rings is 1. The van der Waals surface area contributed by atoms with Gasteiger partial charge in [-0.05, 0) is 81.6 Å². The van der Waals surface area contributed by atoms with Crippen molar-refractivity contribution in [3.8, 4) is 5.75 Å². The average molecular weight is 604 g/mol. The number of fused-ring (bicyclic) bond motifs is 2. The molecule has 2 amide bonds. The molecule has 0 spiro atoms. The summed E-state index contributed by atoms with van der Waals surface area (Å²) < 4.78 is 8.62. The Hall–Kier alpha value is -3.91. The number of ether oxygens (including phenoxy) is 1. The number of aromatic nitrogens is 4. The van der Waals surface area contributed by atoms with E-state index in [0.717, 1.165) is 47.7 Å². The van der Waals surface area contributed by atoms with Crippen molar-refractivity contribution in [3.63, 3.8) is 0 Å². The summed E-state index contributed by atoms with van der Waals surface area (Å²) in [6.45, 7) is 9.01. The molecule has 4 aromatic rings. The van der Waals surface area contributed by atoms with E-state index in [0.29, 0.717) is 24.2 Å². The molecule has 12 heteroatoms. The number of urea groups is 1. The summed E-state index contributed by atoms with van der Waals surface area (Å²) in [4.78, 5) is 31.2. The standard InChI is InChI=1S/C33H39N7O4.Li/c1-32(2,3)27-18-20(17-25(35-27)29(41)42)34-31(43)36-24-12-13-26(23-10-7-6-9-22(23)24)44-21-11-14-28-37-38-30(40(28)19-21)33(4)15-8-16-39(33)5;/h6-7,9-11,14,17-19,24,26H,8,12-13,15-16H2,1-5H3,(H,41,42)(H2,34,35,36,43);/q;+1/p-1/t24-,26+,33-;/m0./s1. The molecule has 0 saturated carbocycles. The Labute approximate surface area is 275 Å². The normalized spacial score (nSPS) is 21.5. The quantitative estimate of drug-likeness (QED) is 0.317. The Bertz CT molecular complexity index is 1740. The number of carbonyl (C=O) groups excluding carboxylic acids is 2. The Kier molecular flexibility index (Phi) is 9.00. The molecule has 0 unspecified atom stereocenters. The zero-order valence-corrected chi connectivity index (χ0v) is 26.8. The third-order valence-corrected chi connectivity index (χ3v) is 8.94. The minimum atomic E-state index is -1.40. The fraction of sp³-hybridized carbons (Fsp3) is 0.424. The van der Waals surface area contributed by atoms with Crippen LogP contribution in [0.4, 0.5) is 10.5 Å². The zero-order chi connectivity index (χ0) is 31.2. The number of likely N-dealkylation sites (tertiary alicyclic amines) is 1. The molecule has 2 aliphatic rings. The van der Waals surface area contributed by atoms with E-state index in [1.807, 2.05) is 67.8 Å². The van der Waals surface area contributed by atoms with Gasteiger partial charge in [0.25, 0.3) is 0 Å². The van der Waals surface area contributed by atoms with Crippen LogP contribution in [0, 0.1) is 0 Å². The van der Waals surface area contributed by atoms with Crippen LogP contribution in [0.25, 0.3) is 5.65 Å². The minimum Gasteiger partial charge on any atom is -0.543 e. The van der Waals surface area contributed by atoms with Gasteiger partial charge in [-0.3, -0.25) is 14.3 Å². The van der Waals surface area contributed by atoms with Crippen LogP contribution in [0.3, 0.4) is 0 Å². The van der Waals surface area contributed by atoms with Crippen molar-refractivity contribution in [1.29, 1.82) is 0 Å². The van der Waals surface area contributed by atoms with Gasteiger partial charge in [0.05, 0.1) is 29.4 Å². The molecule has 0 bridgehead atoms. The Morgan fingerprint density at radius 2 is 1.82 bits per heavy atom. The molecule has 230 valence electrons. The van der Waals surface area contributed by atoms with Crippen molar-refractivity contribution in [2.24, 2.45) is 0 Å². The molecule has 1 aliphatic carbocycles. The number of hydrogen-bond donors (Lipinski definition) is 2. The van der Waals surface area contributed by atoms with E-state index in [1.165, 1.54) is 6.07 Å². The molecule has 3 atom stereocenters. The molecular formula is C33H38LiN7O4. The molecule has 1 aliphatic heterocycles. The molecule has 11 nitrogen and oxygen atoms in total. The second kappa shape index (κ2) is 12.5. The average Bonchev–Trinajstić information content (AvgIpc) is 3.56. The van der Waals surface area contributed by atoms with Crippen molar-refractivity contribution in [2.75, 3.05) is 18.9 Å². The second-order valence-electron chi connectivity index (χ2n) is 13.0. The molecule has 6 rings (SSSR count). The van der Waals surface area contributed by atoms with Gasteiger partial charge < -0.3 is 25.3 Å². The van der Waals surface area contributed by atoms with Crippen LogP contribution in [0.1, 0.15) is 98.7 Å². The first-order valence-corrected chi connectivity index (χ1v) is 15.1. The first kappa shape index (κ1) is 32.5. The van der Waals surface area contributed by atoms with Gasteiger partial charge in [0.1, 0.15) is 11.9 Å². The smallest absolute Gasteiger partial charge is 0.543 e. The van der Waals surface area contributed by atoms with Crippen LogP contribution in [0.5, 0.6) is 5.75 Å². The number of pyridine rings is 2. The predicted octanol–water partition coefficient (Wildman–Crippen LogP) is 1.51. The molecule has 1 aromatic carbocycles. The van der Waals surface area contributed by atoms with Crippen molar-refractivity contribution in [2.45, 2.75) is 76.5 Å². The van der Waals surface area contributed by atoms with Crippen LogP contribution in [0.15, 0.2) is 54.7 Å². The molecule has 1 fully saturated rings. The third-order valence-electron chi connectivity index (χ3n) is 8.94. The van der Waals surface area contributed by atoms with Gasteiger partial charge in [-0.25, -0.2) is 4.79 Å². The van der Waals surface area contributed by atoms with Crippen molar-refractivity contribution >= 4 is 23.3 Å². The summed E-state index contributed by atoms with van der Waals surface area (Å²) in [6.07, 6.45) is 5.26. The Morgan fingerprint density at radius 1 is 1.07 bits per heavy atom. The van der Waals surface area contributed by atoms with E-state index >= 15 is 0 Å². The molecular weight excluding hydrogens is 565 g/mol. The largest absolute Gasteiger partial charge is 1.00 e. The number of amides is 2. The monoisotopic (exact) mass is 603 g/mol. The second-order valence-corrected chi connectivity index (χ2v) is 13.0. The molecule has 1 saturated heterocycles. The summed E-state index contributed by atoms with van der Waals surface area (Å²) in [5.74, 6) is 0.238. The Balaban J connectivity index is 0.00000400. The predicted molar refractivity (Wildman–Crippen MR) is 163 cm³/mol. The zero-order valence-electron chi connectivity index (χ0n) is 26.8. The summed E-state index contributed by atoms with van der Waals surface area (Å²) in [5.41, 5.74) is 2.82. The molecule has 4 heterocycles. The maximum atomic E-state index is 13.1. The summed E-state index contributed by atoms with van der Waals surface area (Å²) in [7, 11) is 2.13. The van der Waals surface area contributed by atoms with E-state index in [9.17, 15) is 14.7 Å². The van der Waals surface area contributed by atoms with Gasteiger partial charge in [-0.1, -0.05) is 45.0 Å². The maximum Gasteiger partial charge on any atom is 1.00 e. The molecule has 2 N–H and O–H groups in total. The van der Waals surface area contributed by atoms with Crippen molar-refractivity contribution in [1.82, 2.24) is 29.8 Å². The van der Waals surface area contributed by atoms with Crippen molar-refractivity contribution < 1.29 is 38.3 Å². The topological polar surface area (TPSA) is 137 Å². The van der Waals surface area contributed by atoms with Gasteiger partial charge in [0.2, 0.25) is 0 Å². The number of aromatic carboxylic acids is 1. The number of nitrogens with zero attached hydrogens (tertiary/aromatic N) is 5. The molecule has 45 heavy (non-hydrogen) atoms. The number of rotatable bonds is 6. The van der Waals surface area contributed by atoms with Gasteiger partial charge in [-0.2, -0.15) is 0 Å². The van der Waals surface area contributed by atoms with Crippen LogP contribution in [-0.4, -0.2) is 50.1 Å². The van der Waals surface area contributed by atoms with Gasteiger partial charge >= 0.3 is 24.9 Å². The Morgan fingerprint density at radius 3 is 2.51 bits per heavy atom. The van der Waals surface area contributed by atoms with E-state index < -0.39 is 17.4 Å². The fourth-order valence-corrected chi connectivity index (χ4v) is 6.29. The maximum absolute atomic E-state index is 13.1. The van der Waals surface area contributed by atoms with E-state index in [2.05, 4.69) is 44.7 Å². The van der Waals surface area contributed by atoms with Crippen LogP contribution in [-0.2, 0) is 11.0 Å². The van der Waals surface area contributed by atoms with Crippen LogP contribution < -0.4 is 39.3 Å². The van der Waals surface area contributed by atoms with Gasteiger partial charge in [0, 0.05) is 16.8 Å². The van der Waals surface area contributed by atoms with E-state index in [4.69, 9.17) is 4.74 Å². The molecule has 0 radical (unpaired) electrons.